The molecule has 5 heteroatoms. The summed E-state index contributed by atoms with van der Waals surface area (Å²) in [6.07, 6.45) is 1.00. The van der Waals surface area contributed by atoms with Gasteiger partial charge >= 0.3 is 5.97 Å². The van der Waals surface area contributed by atoms with Crippen molar-refractivity contribution in [2.45, 2.75) is 25.4 Å². The number of carbonyl (C=O) groups excluding carboxylic acids is 2. The lowest BCUT2D eigenvalue weighted by Crippen LogP contribution is -2.38. The molecule has 1 aromatic heterocycles. The summed E-state index contributed by atoms with van der Waals surface area (Å²) < 4.78 is 4.70. The van der Waals surface area contributed by atoms with E-state index in [4.69, 9.17) is 4.74 Å². The first-order valence-electron chi connectivity index (χ1n) is 5.12. The molecular weight excluding hydrogens is 226 g/mol. The van der Waals surface area contributed by atoms with Crippen molar-refractivity contribution in [3.8, 4) is 0 Å². The molecule has 1 aliphatic heterocycles. The zero-order chi connectivity index (χ0) is 11.5. The maximum absolute atomic E-state index is 11.7. The van der Waals surface area contributed by atoms with E-state index in [0.29, 0.717) is 19.4 Å². The monoisotopic (exact) mass is 239 g/mol. The highest BCUT2D eigenvalue weighted by molar-refractivity contribution is 7.09. The molecule has 1 aliphatic rings. The van der Waals surface area contributed by atoms with Crippen molar-refractivity contribution < 1.29 is 14.3 Å². The third-order valence-corrected chi connectivity index (χ3v) is 3.57. The predicted molar refractivity (Wildman–Crippen MR) is 59.9 cm³/mol. The van der Waals surface area contributed by atoms with Gasteiger partial charge in [-0.15, -0.1) is 11.3 Å². The van der Waals surface area contributed by atoms with E-state index in [1.54, 1.807) is 16.2 Å². The summed E-state index contributed by atoms with van der Waals surface area (Å²) in [7, 11) is 1.36. The third-order valence-electron chi connectivity index (χ3n) is 2.71. The molecule has 1 aromatic rings. The van der Waals surface area contributed by atoms with Gasteiger partial charge in [-0.25, -0.2) is 4.79 Å². The third kappa shape index (κ3) is 2.09. The van der Waals surface area contributed by atoms with Crippen molar-refractivity contribution in [2.24, 2.45) is 0 Å². The maximum atomic E-state index is 11.7. The Morgan fingerprint density at radius 2 is 2.50 bits per heavy atom. The largest absolute Gasteiger partial charge is 0.467 e. The molecule has 0 unspecified atom stereocenters. The lowest BCUT2D eigenvalue weighted by atomic mass is 10.2. The molecule has 0 radical (unpaired) electrons. The number of carbonyl (C=O) groups is 2. The fourth-order valence-corrected chi connectivity index (χ4v) is 2.59. The molecule has 4 nitrogen and oxygen atoms in total. The number of nitrogens with zero attached hydrogens (tertiary/aromatic N) is 1. The van der Waals surface area contributed by atoms with E-state index in [1.807, 2.05) is 17.5 Å². The Labute approximate surface area is 97.8 Å². The number of esters is 1. The van der Waals surface area contributed by atoms with Crippen LogP contribution in [0.25, 0.3) is 0 Å². The Morgan fingerprint density at radius 1 is 1.69 bits per heavy atom. The fourth-order valence-electron chi connectivity index (χ4n) is 1.88. The first-order chi connectivity index (χ1) is 7.72. The second kappa shape index (κ2) is 4.65. The molecule has 0 aromatic carbocycles. The van der Waals surface area contributed by atoms with E-state index in [2.05, 4.69) is 0 Å². The normalized spacial score (nSPS) is 20.2. The van der Waals surface area contributed by atoms with E-state index < -0.39 is 6.04 Å². The summed E-state index contributed by atoms with van der Waals surface area (Å²) in [6.45, 7) is 0.510. The zero-order valence-corrected chi connectivity index (χ0v) is 9.83. The first kappa shape index (κ1) is 11.1. The standard InChI is InChI=1S/C11H13NO3S/c1-15-11(14)9-4-5-10(13)12(9)7-8-3-2-6-16-8/h2-3,6,9H,4-5,7H2,1H3/t9-/m0/s1. The lowest BCUT2D eigenvalue weighted by molar-refractivity contribution is -0.149. The number of methoxy groups -OCH3 is 1. The van der Waals surface area contributed by atoms with Crippen molar-refractivity contribution in [2.75, 3.05) is 7.11 Å². The Kier molecular flexibility index (Phi) is 3.24. The molecule has 2 rings (SSSR count). The average Bonchev–Trinajstić information content (AvgIpc) is 2.90. The summed E-state index contributed by atoms with van der Waals surface area (Å²) in [5.41, 5.74) is 0. The van der Waals surface area contributed by atoms with E-state index in [1.165, 1.54) is 7.11 Å². The molecular formula is C11H13NO3S. The van der Waals surface area contributed by atoms with Gasteiger partial charge in [0.15, 0.2) is 0 Å². The van der Waals surface area contributed by atoms with Crippen molar-refractivity contribution in [3.63, 3.8) is 0 Å². The van der Waals surface area contributed by atoms with Crippen LogP contribution < -0.4 is 0 Å². The summed E-state index contributed by atoms with van der Waals surface area (Å²) in [5, 5.41) is 1.96. The van der Waals surface area contributed by atoms with Crippen LogP contribution in [0.4, 0.5) is 0 Å². The number of thiophene rings is 1. The highest BCUT2D eigenvalue weighted by atomic mass is 32.1. The molecule has 0 saturated carbocycles. The van der Waals surface area contributed by atoms with Crippen LogP contribution >= 0.6 is 11.3 Å². The van der Waals surface area contributed by atoms with Crippen molar-refractivity contribution in [1.29, 1.82) is 0 Å². The molecule has 0 bridgehead atoms. The van der Waals surface area contributed by atoms with Crippen LogP contribution in [-0.2, 0) is 20.9 Å². The predicted octanol–water partition coefficient (Wildman–Crippen LogP) is 1.41. The van der Waals surface area contributed by atoms with Gasteiger partial charge in [-0.3, -0.25) is 4.79 Å². The van der Waals surface area contributed by atoms with Gasteiger partial charge in [0.2, 0.25) is 5.91 Å². The number of hydrogen-bond donors (Lipinski definition) is 0. The summed E-state index contributed by atoms with van der Waals surface area (Å²) in [5.74, 6) is -0.286. The minimum absolute atomic E-state index is 0.0313. The summed E-state index contributed by atoms with van der Waals surface area (Å²) >= 11 is 1.59. The van der Waals surface area contributed by atoms with Crippen LogP contribution in [0.15, 0.2) is 17.5 Å². The van der Waals surface area contributed by atoms with Crippen LogP contribution in [0.2, 0.25) is 0 Å². The molecule has 1 saturated heterocycles. The van der Waals surface area contributed by atoms with E-state index in [0.717, 1.165) is 4.88 Å². The molecule has 0 aliphatic carbocycles. The van der Waals surface area contributed by atoms with Crippen LogP contribution in [0.5, 0.6) is 0 Å². The van der Waals surface area contributed by atoms with Gasteiger partial charge in [0.05, 0.1) is 13.7 Å². The van der Waals surface area contributed by atoms with E-state index in [9.17, 15) is 9.59 Å². The number of likely N-dealkylation sites (tertiary alicyclic amines) is 1. The second-order valence-corrected chi connectivity index (χ2v) is 4.71. The van der Waals surface area contributed by atoms with Crippen LogP contribution in [0.3, 0.4) is 0 Å². The Balaban J connectivity index is 2.10. The Hall–Kier alpha value is -1.36. The quantitative estimate of drug-likeness (QED) is 0.749. The molecule has 1 fully saturated rings. The Morgan fingerprint density at radius 3 is 3.12 bits per heavy atom. The Bertz CT molecular complexity index is 388. The van der Waals surface area contributed by atoms with Gasteiger partial charge in [0.25, 0.3) is 0 Å². The molecule has 16 heavy (non-hydrogen) atoms. The van der Waals surface area contributed by atoms with Crippen molar-refractivity contribution in [1.82, 2.24) is 4.90 Å². The maximum Gasteiger partial charge on any atom is 0.328 e. The molecule has 2 heterocycles. The topological polar surface area (TPSA) is 46.6 Å². The number of hydrogen-bond acceptors (Lipinski definition) is 4. The van der Waals surface area contributed by atoms with Gasteiger partial charge in [0, 0.05) is 11.3 Å². The summed E-state index contributed by atoms with van der Waals surface area (Å²) in [6, 6.07) is 3.50. The molecule has 1 atom stereocenters. The van der Waals surface area contributed by atoms with Gasteiger partial charge in [-0.2, -0.15) is 0 Å². The molecule has 0 spiro atoms. The van der Waals surface area contributed by atoms with Crippen LogP contribution in [-0.4, -0.2) is 29.9 Å². The first-order valence-corrected chi connectivity index (χ1v) is 6.00. The fraction of sp³-hybridized carbons (Fsp3) is 0.455. The molecule has 86 valence electrons. The number of rotatable bonds is 3. The minimum atomic E-state index is -0.403. The van der Waals surface area contributed by atoms with E-state index >= 15 is 0 Å². The number of amides is 1. The van der Waals surface area contributed by atoms with Crippen LogP contribution in [0.1, 0.15) is 17.7 Å². The second-order valence-electron chi connectivity index (χ2n) is 3.68. The molecule has 1 amide bonds. The number of ether oxygens (including phenoxy) is 1. The van der Waals surface area contributed by atoms with Gasteiger partial charge < -0.3 is 9.64 Å². The smallest absolute Gasteiger partial charge is 0.328 e. The van der Waals surface area contributed by atoms with E-state index in [-0.39, 0.29) is 11.9 Å². The zero-order valence-electron chi connectivity index (χ0n) is 9.01. The van der Waals surface area contributed by atoms with Gasteiger partial charge in [-0.1, -0.05) is 6.07 Å². The minimum Gasteiger partial charge on any atom is -0.467 e. The SMILES string of the molecule is COC(=O)[C@@H]1CCC(=O)N1Cc1cccs1. The van der Waals surface area contributed by atoms with Crippen LogP contribution in [0, 0.1) is 0 Å². The average molecular weight is 239 g/mol. The van der Waals surface area contributed by atoms with Gasteiger partial charge in [-0.05, 0) is 17.9 Å². The lowest BCUT2D eigenvalue weighted by Gasteiger charge is -2.21. The highest BCUT2D eigenvalue weighted by Crippen LogP contribution is 2.23. The summed E-state index contributed by atoms with van der Waals surface area (Å²) in [4.78, 5) is 25.8. The van der Waals surface area contributed by atoms with Crippen molar-refractivity contribution >= 4 is 23.2 Å². The van der Waals surface area contributed by atoms with Crippen molar-refractivity contribution in [3.05, 3.63) is 22.4 Å². The highest BCUT2D eigenvalue weighted by Gasteiger charge is 2.36. The van der Waals surface area contributed by atoms with Gasteiger partial charge in [0.1, 0.15) is 6.04 Å². The molecule has 0 N–H and O–H groups in total.